The van der Waals surface area contributed by atoms with Gasteiger partial charge >= 0.3 is 0 Å². The Hall–Kier alpha value is -1.58. The van der Waals surface area contributed by atoms with Gasteiger partial charge in [0.05, 0.1) is 12.3 Å². The molecule has 0 saturated heterocycles. The molecule has 1 atom stereocenters. The highest BCUT2D eigenvalue weighted by Gasteiger charge is 2.25. The maximum atomic E-state index is 5.59. The molecule has 3 nitrogen and oxygen atoms in total. The molecule has 3 heteroatoms. The van der Waals surface area contributed by atoms with Crippen molar-refractivity contribution in [1.82, 2.24) is 10.2 Å². The molecule has 106 valence electrons. The lowest BCUT2D eigenvalue weighted by Crippen LogP contribution is -2.33. The van der Waals surface area contributed by atoms with Gasteiger partial charge in [0.1, 0.15) is 5.76 Å². The van der Waals surface area contributed by atoms with Gasteiger partial charge in [-0.3, -0.25) is 0 Å². The molecular weight excluding hydrogens is 248 g/mol. The van der Waals surface area contributed by atoms with Crippen LogP contribution in [0.15, 0.2) is 53.1 Å². The molecule has 20 heavy (non-hydrogen) atoms. The lowest BCUT2D eigenvalue weighted by Gasteiger charge is -2.20. The molecule has 1 fully saturated rings. The lowest BCUT2D eigenvalue weighted by molar-refractivity contribution is 0.314. The molecule has 0 spiro atoms. The summed E-state index contributed by atoms with van der Waals surface area (Å²) in [5.41, 5.74) is 1.25. The maximum Gasteiger partial charge on any atom is 0.125 e. The molecule has 1 aliphatic rings. The van der Waals surface area contributed by atoms with E-state index in [1.807, 2.05) is 18.2 Å². The first kappa shape index (κ1) is 13.4. The number of rotatable bonds is 7. The standard InChI is InChI=1S/C17H22N2O/c1-19(15-9-10-15)12-11-18-17(16-8-5-13-20-16)14-6-3-2-4-7-14/h2-8,13,15,17-18H,9-12H2,1H3. The Bertz CT molecular complexity index is 505. The summed E-state index contributed by atoms with van der Waals surface area (Å²) in [6.07, 6.45) is 4.46. The zero-order valence-corrected chi connectivity index (χ0v) is 12.0. The summed E-state index contributed by atoms with van der Waals surface area (Å²) >= 11 is 0. The highest BCUT2D eigenvalue weighted by Crippen LogP contribution is 2.25. The van der Waals surface area contributed by atoms with E-state index < -0.39 is 0 Å². The Morgan fingerprint density at radius 3 is 2.65 bits per heavy atom. The topological polar surface area (TPSA) is 28.4 Å². The van der Waals surface area contributed by atoms with Crippen molar-refractivity contribution in [2.24, 2.45) is 0 Å². The molecule has 1 unspecified atom stereocenters. The van der Waals surface area contributed by atoms with Crippen molar-refractivity contribution in [1.29, 1.82) is 0 Å². The van der Waals surface area contributed by atoms with Crippen molar-refractivity contribution >= 4 is 0 Å². The van der Waals surface area contributed by atoms with Crippen LogP contribution in [-0.2, 0) is 0 Å². The summed E-state index contributed by atoms with van der Waals surface area (Å²) in [6.45, 7) is 2.04. The van der Waals surface area contributed by atoms with Crippen molar-refractivity contribution in [2.75, 3.05) is 20.1 Å². The van der Waals surface area contributed by atoms with Crippen LogP contribution in [0.3, 0.4) is 0 Å². The number of hydrogen-bond donors (Lipinski definition) is 1. The van der Waals surface area contributed by atoms with Gasteiger partial charge in [-0.2, -0.15) is 0 Å². The molecule has 1 N–H and O–H groups in total. The summed E-state index contributed by atoms with van der Waals surface area (Å²) in [4.78, 5) is 2.44. The van der Waals surface area contributed by atoms with Gasteiger partial charge < -0.3 is 14.6 Å². The average molecular weight is 270 g/mol. The molecule has 2 aromatic rings. The second-order valence-corrected chi connectivity index (χ2v) is 5.53. The highest BCUT2D eigenvalue weighted by atomic mass is 16.3. The largest absolute Gasteiger partial charge is 0.467 e. The molecular formula is C17H22N2O. The molecule has 3 rings (SSSR count). The smallest absolute Gasteiger partial charge is 0.125 e. The van der Waals surface area contributed by atoms with Crippen LogP contribution in [0.4, 0.5) is 0 Å². The Morgan fingerprint density at radius 1 is 1.20 bits per heavy atom. The van der Waals surface area contributed by atoms with Crippen molar-refractivity contribution in [3.8, 4) is 0 Å². The summed E-state index contributed by atoms with van der Waals surface area (Å²) in [5, 5.41) is 3.62. The van der Waals surface area contributed by atoms with Gasteiger partial charge in [-0.1, -0.05) is 30.3 Å². The quantitative estimate of drug-likeness (QED) is 0.838. The van der Waals surface area contributed by atoms with Gasteiger partial charge in [0.25, 0.3) is 0 Å². The first-order chi connectivity index (χ1) is 9.84. The number of hydrogen-bond acceptors (Lipinski definition) is 3. The predicted octanol–water partition coefficient (Wildman–Crippen LogP) is 3.05. The second kappa shape index (κ2) is 6.25. The number of likely N-dealkylation sites (N-methyl/N-ethyl adjacent to an activating group) is 1. The minimum absolute atomic E-state index is 0.138. The number of nitrogens with zero attached hydrogens (tertiary/aromatic N) is 1. The molecule has 1 aliphatic carbocycles. The summed E-state index contributed by atoms with van der Waals surface area (Å²) in [5.74, 6) is 0.977. The summed E-state index contributed by atoms with van der Waals surface area (Å²) in [6, 6.07) is 15.4. The van der Waals surface area contributed by atoms with Gasteiger partial charge in [-0.15, -0.1) is 0 Å². The summed E-state index contributed by atoms with van der Waals surface area (Å²) in [7, 11) is 2.21. The fourth-order valence-electron chi connectivity index (χ4n) is 2.57. The van der Waals surface area contributed by atoms with E-state index in [1.54, 1.807) is 6.26 Å². The Balaban J connectivity index is 1.63. The van der Waals surface area contributed by atoms with E-state index >= 15 is 0 Å². The second-order valence-electron chi connectivity index (χ2n) is 5.53. The molecule has 0 amide bonds. The van der Waals surface area contributed by atoms with Crippen LogP contribution in [0.1, 0.15) is 30.2 Å². The fraction of sp³-hybridized carbons (Fsp3) is 0.412. The Morgan fingerprint density at radius 2 is 2.00 bits per heavy atom. The third kappa shape index (κ3) is 3.30. The van der Waals surface area contributed by atoms with Gasteiger partial charge in [0, 0.05) is 19.1 Å². The molecule has 0 radical (unpaired) electrons. The minimum Gasteiger partial charge on any atom is -0.467 e. The third-order valence-electron chi connectivity index (χ3n) is 3.94. The van der Waals surface area contributed by atoms with Crippen LogP contribution in [-0.4, -0.2) is 31.1 Å². The molecule has 1 saturated carbocycles. The van der Waals surface area contributed by atoms with E-state index in [4.69, 9.17) is 4.42 Å². The van der Waals surface area contributed by atoms with Crippen LogP contribution < -0.4 is 5.32 Å². The van der Waals surface area contributed by atoms with Gasteiger partial charge in [0.15, 0.2) is 0 Å². The number of nitrogens with one attached hydrogen (secondary N) is 1. The van der Waals surface area contributed by atoms with Gasteiger partial charge in [0.2, 0.25) is 0 Å². The molecule has 0 aliphatic heterocycles. The van der Waals surface area contributed by atoms with Crippen molar-refractivity contribution < 1.29 is 4.42 Å². The first-order valence-electron chi connectivity index (χ1n) is 7.36. The van der Waals surface area contributed by atoms with E-state index in [0.717, 1.165) is 24.9 Å². The van der Waals surface area contributed by atoms with E-state index in [2.05, 4.69) is 41.5 Å². The predicted molar refractivity (Wildman–Crippen MR) is 80.6 cm³/mol. The normalized spacial score (nSPS) is 16.5. The Kier molecular flexibility index (Phi) is 4.19. The van der Waals surface area contributed by atoms with Crippen LogP contribution in [0.25, 0.3) is 0 Å². The number of furan rings is 1. The lowest BCUT2D eigenvalue weighted by atomic mass is 10.0. The molecule has 0 bridgehead atoms. The highest BCUT2D eigenvalue weighted by molar-refractivity contribution is 5.26. The molecule has 1 heterocycles. The van der Waals surface area contributed by atoms with E-state index in [-0.39, 0.29) is 6.04 Å². The minimum atomic E-state index is 0.138. The van der Waals surface area contributed by atoms with Crippen molar-refractivity contribution in [3.63, 3.8) is 0 Å². The van der Waals surface area contributed by atoms with Crippen LogP contribution in [0.2, 0.25) is 0 Å². The van der Waals surface area contributed by atoms with E-state index in [9.17, 15) is 0 Å². The molecule has 1 aromatic carbocycles. The van der Waals surface area contributed by atoms with Crippen LogP contribution >= 0.6 is 0 Å². The van der Waals surface area contributed by atoms with Gasteiger partial charge in [-0.05, 0) is 37.6 Å². The van der Waals surface area contributed by atoms with Gasteiger partial charge in [-0.25, -0.2) is 0 Å². The third-order valence-corrected chi connectivity index (χ3v) is 3.94. The average Bonchev–Trinajstić information content (AvgIpc) is 3.21. The van der Waals surface area contributed by atoms with Crippen molar-refractivity contribution in [3.05, 3.63) is 60.1 Å². The zero-order chi connectivity index (χ0) is 13.8. The SMILES string of the molecule is CN(CCNC(c1ccccc1)c1ccco1)C1CC1. The van der Waals surface area contributed by atoms with E-state index in [1.165, 1.54) is 18.4 Å². The molecule has 1 aromatic heterocycles. The first-order valence-corrected chi connectivity index (χ1v) is 7.36. The van der Waals surface area contributed by atoms with Crippen LogP contribution in [0, 0.1) is 0 Å². The zero-order valence-electron chi connectivity index (χ0n) is 12.0. The Labute approximate surface area is 120 Å². The monoisotopic (exact) mass is 270 g/mol. The maximum absolute atomic E-state index is 5.59. The fourth-order valence-corrected chi connectivity index (χ4v) is 2.57. The van der Waals surface area contributed by atoms with Crippen molar-refractivity contribution in [2.45, 2.75) is 24.9 Å². The van der Waals surface area contributed by atoms with E-state index in [0.29, 0.717) is 0 Å². The summed E-state index contributed by atoms with van der Waals surface area (Å²) < 4.78 is 5.59. The number of benzene rings is 1. The van der Waals surface area contributed by atoms with Crippen LogP contribution in [0.5, 0.6) is 0 Å².